The second kappa shape index (κ2) is 9.13. The van der Waals surface area contributed by atoms with Crippen LogP contribution in [0.15, 0.2) is 0 Å². The molecule has 4 heteroatoms. The van der Waals surface area contributed by atoms with E-state index in [-0.39, 0.29) is 7.92 Å². The SMILES string of the molecule is CCO[SiH](CCCP(C)C)OCC. The molecule has 0 atom stereocenters. The molecule has 0 aromatic rings. The number of hydrogen-bond acceptors (Lipinski definition) is 2. The highest BCUT2D eigenvalue weighted by atomic mass is 31.1. The molecule has 0 spiro atoms. The fourth-order valence-corrected chi connectivity index (χ4v) is 4.03. The van der Waals surface area contributed by atoms with Gasteiger partial charge < -0.3 is 8.85 Å². The Hall–Kier alpha value is 0.567. The zero-order valence-electron chi connectivity index (χ0n) is 9.38. The van der Waals surface area contributed by atoms with Crippen LogP contribution >= 0.6 is 7.92 Å². The second-order valence-corrected chi connectivity index (χ2v) is 8.00. The first-order chi connectivity index (χ1) is 6.20. The van der Waals surface area contributed by atoms with Crippen molar-refractivity contribution in [3.63, 3.8) is 0 Å². The van der Waals surface area contributed by atoms with Crippen molar-refractivity contribution in [2.24, 2.45) is 0 Å². The fraction of sp³-hybridized carbons (Fsp3) is 1.00. The molecule has 0 heterocycles. The van der Waals surface area contributed by atoms with Crippen LogP contribution in [0.4, 0.5) is 0 Å². The lowest BCUT2D eigenvalue weighted by molar-refractivity contribution is 0.213. The van der Waals surface area contributed by atoms with Crippen LogP contribution in [-0.4, -0.2) is 42.0 Å². The van der Waals surface area contributed by atoms with Gasteiger partial charge in [-0.05, 0) is 45.8 Å². The van der Waals surface area contributed by atoms with Crippen LogP contribution in [0.1, 0.15) is 20.3 Å². The van der Waals surface area contributed by atoms with Gasteiger partial charge in [-0.15, -0.1) is 7.92 Å². The summed E-state index contributed by atoms with van der Waals surface area (Å²) in [4.78, 5) is 0. The zero-order chi connectivity index (χ0) is 10.1. The predicted octanol–water partition coefficient (Wildman–Crippen LogP) is 2.41. The molecule has 2 nitrogen and oxygen atoms in total. The van der Waals surface area contributed by atoms with Gasteiger partial charge in [-0.1, -0.05) is 0 Å². The van der Waals surface area contributed by atoms with Crippen molar-refractivity contribution in [3.8, 4) is 0 Å². The van der Waals surface area contributed by atoms with Crippen LogP contribution in [0, 0.1) is 0 Å². The van der Waals surface area contributed by atoms with E-state index < -0.39 is 9.28 Å². The lowest BCUT2D eigenvalue weighted by Crippen LogP contribution is -2.22. The molecule has 0 aliphatic rings. The molecule has 0 bridgehead atoms. The molecule has 0 amide bonds. The molecule has 0 aliphatic carbocycles. The molecule has 0 aromatic heterocycles. The summed E-state index contributed by atoms with van der Waals surface area (Å²) in [6.07, 6.45) is 2.65. The van der Waals surface area contributed by atoms with E-state index in [1.54, 1.807) is 0 Å². The Morgan fingerprint density at radius 3 is 2.00 bits per heavy atom. The summed E-state index contributed by atoms with van der Waals surface area (Å²) in [5.41, 5.74) is 0. The predicted molar refractivity (Wildman–Crippen MR) is 63.5 cm³/mol. The number of hydrogen-bond donors (Lipinski definition) is 0. The highest BCUT2D eigenvalue weighted by Crippen LogP contribution is 2.26. The Morgan fingerprint density at radius 2 is 1.62 bits per heavy atom. The third-order valence-corrected chi connectivity index (χ3v) is 5.25. The fourth-order valence-electron chi connectivity index (χ4n) is 1.16. The molecule has 0 aromatic carbocycles. The number of rotatable bonds is 8. The smallest absolute Gasteiger partial charge is 0.321 e. The Kier molecular flexibility index (Phi) is 9.53. The molecule has 0 N–H and O–H groups in total. The third kappa shape index (κ3) is 8.89. The highest BCUT2D eigenvalue weighted by molar-refractivity contribution is 7.55. The van der Waals surface area contributed by atoms with Crippen molar-refractivity contribution in [1.82, 2.24) is 0 Å². The van der Waals surface area contributed by atoms with E-state index >= 15 is 0 Å². The first-order valence-corrected chi connectivity index (χ1v) is 9.26. The van der Waals surface area contributed by atoms with Gasteiger partial charge in [0.25, 0.3) is 0 Å². The van der Waals surface area contributed by atoms with E-state index in [9.17, 15) is 0 Å². The lowest BCUT2D eigenvalue weighted by atomic mass is 10.6. The molecule has 0 saturated heterocycles. The maximum atomic E-state index is 5.59. The Labute approximate surface area is 85.6 Å². The normalized spacial score (nSPS) is 11.5. The van der Waals surface area contributed by atoms with Gasteiger partial charge in [0.15, 0.2) is 0 Å². The molecule has 0 radical (unpaired) electrons. The monoisotopic (exact) mass is 222 g/mol. The van der Waals surface area contributed by atoms with E-state index in [2.05, 4.69) is 13.3 Å². The minimum Gasteiger partial charge on any atom is -0.397 e. The van der Waals surface area contributed by atoms with E-state index in [4.69, 9.17) is 8.85 Å². The molecular weight excluding hydrogens is 199 g/mol. The summed E-state index contributed by atoms with van der Waals surface area (Å²) >= 11 is 0. The average Bonchev–Trinajstić information content (AvgIpc) is 2.04. The minimum absolute atomic E-state index is 0.261. The van der Waals surface area contributed by atoms with Crippen molar-refractivity contribution in [2.75, 3.05) is 32.7 Å². The average molecular weight is 222 g/mol. The lowest BCUT2D eigenvalue weighted by Gasteiger charge is -2.15. The molecule has 13 heavy (non-hydrogen) atoms. The van der Waals surface area contributed by atoms with E-state index in [0.717, 1.165) is 13.2 Å². The van der Waals surface area contributed by atoms with Crippen LogP contribution in [0.3, 0.4) is 0 Å². The second-order valence-electron chi connectivity index (χ2n) is 3.29. The Bertz CT molecular complexity index is 106. The summed E-state index contributed by atoms with van der Waals surface area (Å²) in [6.45, 7) is 10.4. The maximum absolute atomic E-state index is 5.59. The van der Waals surface area contributed by atoms with Gasteiger partial charge in [0.1, 0.15) is 0 Å². The van der Waals surface area contributed by atoms with Gasteiger partial charge in [-0.3, -0.25) is 0 Å². The quantitative estimate of drug-likeness (QED) is 0.464. The summed E-state index contributed by atoms with van der Waals surface area (Å²) < 4.78 is 11.2. The van der Waals surface area contributed by atoms with Crippen LogP contribution < -0.4 is 0 Å². The first kappa shape index (κ1) is 13.6. The molecule has 80 valence electrons. The van der Waals surface area contributed by atoms with Gasteiger partial charge >= 0.3 is 9.28 Å². The third-order valence-electron chi connectivity index (χ3n) is 1.75. The van der Waals surface area contributed by atoms with E-state index in [0.29, 0.717) is 0 Å². The Balaban J connectivity index is 3.44. The van der Waals surface area contributed by atoms with E-state index in [1.807, 2.05) is 13.8 Å². The van der Waals surface area contributed by atoms with Crippen molar-refractivity contribution in [3.05, 3.63) is 0 Å². The zero-order valence-corrected chi connectivity index (χ0v) is 11.4. The molecule has 0 fully saturated rings. The van der Waals surface area contributed by atoms with Gasteiger partial charge in [-0.2, -0.15) is 0 Å². The molecule has 0 unspecified atom stereocenters. The van der Waals surface area contributed by atoms with Crippen molar-refractivity contribution in [2.45, 2.75) is 26.3 Å². The minimum atomic E-state index is -1.28. The largest absolute Gasteiger partial charge is 0.397 e. The van der Waals surface area contributed by atoms with Crippen LogP contribution in [-0.2, 0) is 8.85 Å². The van der Waals surface area contributed by atoms with Crippen LogP contribution in [0.5, 0.6) is 0 Å². The van der Waals surface area contributed by atoms with Crippen molar-refractivity contribution < 1.29 is 8.85 Å². The van der Waals surface area contributed by atoms with Gasteiger partial charge in [0, 0.05) is 13.2 Å². The van der Waals surface area contributed by atoms with Crippen molar-refractivity contribution >= 4 is 17.2 Å². The van der Waals surface area contributed by atoms with Crippen LogP contribution in [0.2, 0.25) is 6.04 Å². The van der Waals surface area contributed by atoms with Crippen LogP contribution in [0.25, 0.3) is 0 Å². The van der Waals surface area contributed by atoms with Gasteiger partial charge in [0.2, 0.25) is 0 Å². The molecule has 0 rings (SSSR count). The first-order valence-electron chi connectivity index (χ1n) is 5.08. The standard InChI is InChI=1S/C9H23O2PSi/c1-5-10-13(11-6-2)9-7-8-12(3)4/h13H,5-9H2,1-4H3. The molecular formula is C9H23O2PSi. The van der Waals surface area contributed by atoms with Gasteiger partial charge in [0.05, 0.1) is 0 Å². The topological polar surface area (TPSA) is 18.5 Å². The molecule has 0 saturated carbocycles. The summed E-state index contributed by atoms with van der Waals surface area (Å²) in [5.74, 6) is 0. The Morgan fingerprint density at radius 1 is 1.08 bits per heavy atom. The summed E-state index contributed by atoms with van der Waals surface area (Å²) in [5, 5.41) is 0. The highest BCUT2D eigenvalue weighted by Gasteiger charge is 2.11. The van der Waals surface area contributed by atoms with Gasteiger partial charge in [-0.25, -0.2) is 0 Å². The summed E-state index contributed by atoms with van der Waals surface area (Å²) in [7, 11) is -1.02. The van der Waals surface area contributed by atoms with E-state index in [1.165, 1.54) is 18.6 Å². The van der Waals surface area contributed by atoms with Crippen molar-refractivity contribution in [1.29, 1.82) is 0 Å². The summed E-state index contributed by atoms with van der Waals surface area (Å²) in [6, 6.07) is 1.18. The molecule has 0 aliphatic heterocycles. The maximum Gasteiger partial charge on any atom is 0.321 e.